The molecular formula is C19H20F4N6O2S. The summed E-state index contributed by atoms with van der Waals surface area (Å²) in [5.74, 6) is -0.314. The van der Waals surface area contributed by atoms with E-state index in [9.17, 15) is 27.5 Å². The normalized spacial score (nSPS) is 13.1. The Morgan fingerprint density at radius 1 is 1.22 bits per heavy atom. The lowest BCUT2D eigenvalue weighted by atomic mass is 10.0. The van der Waals surface area contributed by atoms with Crippen LogP contribution in [0.5, 0.6) is 0 Å². The molecule has 0 fully saturated rings. The number of aromatic nitrogens is 3. The number of thiazole rings is 1. The zero-order chi connectivity index (χ0) is 23.5. The third-order valence-electron chi connectivity index (χ3n) is 4.29. The number of hydrogen-bond acceptors (Lipinski definition) is 8. The van der Waals surface area contributed by atoms with Crippen molar-refractivity contribution in [2.45, 2.75) is 31.8 Å². The summed E-state index contributed by atoms with van der Waals surface area (Å²) in [5, 5.41) is 16.9. The molecule has 0 radical (unpaired) electrons. The van der Waals surface area contributed by atoms with Crippen LogP contribution in [0.15, 0.2) is 29.9 Å². The van der Waals surface area contributed by atoms with Gasteiger partial charge in [0.2, 0.25) is 0 Å². The molecule has 172 valence electrons. The third-order valence-corrected chi connectivity index (χ3v) is 5.02. The molecule has 8 nitrogen and oxygen atoms in total. The van der Waals surface area contributed by atoms with Gasteiger partial charge in [-0.2, -0.15) is 13.2 Å². The Morgan fingerprint density at radius 2 is 1.97 bits per heavy atom. The minimum absolute atomic E-state index is 0.141. The van der Waals surface area contributed by atoms with Crippen molar-refractivity contribution in [3.63, 3.8) is 0 Å². The van der Waals surface area contributed by atoms with Gasteiger partial charge in [0.1, 0.15) is 34.7 Å². The molecule has 0 saturated carbocycles. The van der Waals surface area contributed by atoms with Crippen molar-refractivity contribution in [1.82, 2.24) is 20.3 Å². The highest BCUT2D eigenvalue weighted by Gasteiger charge is 2.29. The van der Waals surface area contributed by atoms with E-state index >= 15 is 0 Å². The molecular weight excluding hydrogens is 452 g/mol. The maximum absolute atomic E-state index is 13.9. The van der Waals surface area contributed by atoms with Gasteiger partial charge < -0.3 is 21.1 Å². The Hall–Kier alpha value is -3.06. The fraction of sp³-hybridized carbons (Fsp3) is 0.368. The summed E-state index contributed by atoms with van der Waals surface area (Å²) in [7, 11) is 0. The molecule has 0 saturated heterocycles. The standard InChI is InChI=1S/C19H20F4N6O2S/c1-18(2,31)13(20)7-25-16(30)10-6-24-15(5-12(10)26-8-19(21,22)23)28-14-4-3-11-17(29-14)32-9-27-11/h3-6,9,13,31H,7-8H2,1-2H3,(H,25,30)(H2,24,26,28,29)/t13-/m1/s1. The van der Waals surface area contributed by atoms with Crippen LogP contribution < -0.4 is 16.0 Å². The second-order valence-electron chi connectivity index (χ2n) is 7.41. The topological polar surface area (TPSA) is 112 Å². The largest absolute Gasteiger partial charge is 0.405 e. The van der Waals surface area contributed by atoms with Gasteiger partial charge in [-0.3, -0.25) is 4.79 Å². The first-order valence-corrected chi connectivity index (χ1v) is 10.2. The molecule has 13 heteroatoms. The molecule has 0 aliphatic carbocycles. The first kappa shape index (κ1) is 23.6. The van der Waals surface area contributed by atoms with E-state index in [0.717, 1.165) is 6.20 Å². The molecule has 1 atom stereocenters. The van der Waals surface area contributed by atoms with Crippen molar-refractivity contribution in [2.75, 3.05) is 23.7 Å². The molecule has 1 amide bonds. The average Bonchev–Trinajstić information content (AvgIpc) is 3.17. The molecule has 0 bridgehead atoms. The molecule has 3 aromatic rings. The molecule has 0 spiro atoms. The van der Waals surface area contributed by atoms with Crippen molar-refractivity contribution in [3.8, 4) is 0 Å². The molecule has 0 aliphatic heterocycles. The minimum Gasteiger partial charge on any atom is -0.387 e. The fourth-order valence-electron chi connectivity index (χ4n) is 2.53. The molecule has 0 aliphatic rings. The van der Waals surface area contributed by atoms with Crippen LogP contribution in [0.4, 0.5) is 34.9 Å². The monoisotopic (exact) mass is 472 g/mol. The van der Waals surface area contributed by atoms with Crippen molar-refractivity contribution in [2.24, 2.45) is 0 Å². The zero-order valence-corrected chi connectivity index (χ0v) is 17.8. The van der Waals surface area contributed by atoms with Crippen LogP contribution in [0, 0.1) is 0 Å². The van der Waals surface area contributed by atoms with Crippen molar-refractivity contribution in [3.05, 3.63) is 35.5 Å². The lowest BCUT2D eigenvalue weighted by Crippen LogP contribution is -2.42. The Labute approximate surface area is 184 Å². The number of hydrogen-bond donors (Lipinski definition) is 4. The van der Waals surface area contributed by atoms with E-state index < -0.39 is 36.9 Å². The van der Waals surface area contributed by atoms with Gasteiger partial charge in [-0.25, -0.2) is 19.3 Å². The Bertz CT molecular complexity index is 1100. The number of amides is 1. The Kier molecular flexibility index (Phi) is 6.79. The molecule has 0 aromatic carbocycles. The Morgan fingerprint density at radius 3 is 2.66 bits per heavy atom. The van der Waals surface area contributed by atoms with Crippen LogP contribution in [0.25, 0.3) is 10.3 Å². The number of rotatable bonds is 8. The smallest absolute Gasteiger partial charge is 0.387 e. The highest BCUT2D eigenvalue weighted by molar-refractivity contribution is 7.16. The predicted octanol–water partition coefficient (Wildman–Crippen LogP) is 3.64. The van der Waals surface area contributed by atoms with E-state index in [4.69, 9.17) is 0 Å². The first-order valence-electron chi connectivity index (χ1n) is 9.35. The lowest BCUT2D eigenvalue weighted by Gasteiger charge is -2.22. The summed E-state index contributed by atoms with van der Waals surface area (Å²) in [6.45, 7) is 0.552. The fourth-order valence-corrected chi connectivity index (χ4v) is 3.18. The summed E-state index contributed by atoms with van der Waals surface area (Å²) >= 11 is 1.32. The Balaban J connectivity index is 1.81. The molecule has 4 N–H and O–H groups in total. The minimum atomic E-state index is -4.53. The number of aliphatic hydroxyl groups is 1. The highest BCUT2D eigenvalue weighted by Crippen LogP contribution is 2.25. The van der Waals surface area contributed by atoms with E-state index in [1.54, 1.807) is 17.6 Å². The van der Waals surface area contributed by atoms with Gasteiger partial charge in [0.05, 0.1) is 28.9 Å². The first-order chi connectivity index (χ1) is 14.9. The van der Waals surface area contributed by atoms with Gasteiger partial charge in [-0.1, -0.05) is 0 Å². The highest BCUT2D eigenvalue weighted by atomic mass is 32.1. The summed E-state index contributed by atoms with van der Waals surface area (Å²) in [6.07, 6.45) is -5.24. The van der Waals surface area contributed by atoms with E-state index in [2.05, 4.69) is 30.9 Å². The molecule has 3 aromatic heterocycles. The number of carbonyl (C=O) groups is 1. The van der Waals surface area contributed by atoms with Gasteiger partial charge in [0.25, 0.3) is 5.91 Å². The van der Waals surface area contributed by atoms with Gasteiger partial charge in [-0.15, -0.1) is 11.3 Å². The number of anilines is 3. The van der Waals surface area contributed by atoms with Crippen LogP contribution in [0.2, 0.25) is 0 Å². The lowest BCUT2D eigenvalue weighted by molar-refractivity contribution is -0.115. The number of nitrogens with one attached hydrogen (secondary N) is 3. The number of nitrogens with zero attached hydrogens (tertiary/aromatic N) is 3. The summed E-state index contributed by atoms with van der Waals surface area (Å²) in [5.41, 5.74) is 0.267. The maximum atomic E-state index is 13.9. The third kappa shape index (κ3) is 6.23. The van der Waals surface area contributed by atoms with Gasteiger partial charge in [-0.05, 0) is 26.0 Å². The average molecular weight is 472 g/mol. The maximum Gasteiger partial charge on any atom is 0.405 e. The van der Waals surface area contributed by atoms with Gasteiger partial charge in [0.15, 0.2) is 0 Å². The number of carbonyl (C=O) groups excluding carboxylic acids is 1. The quantitative estimate of drug-likeness (QED) is 0.370. The zero-order valence-electron chi connectivity index (χ0n) is 17.0. The van der Waals surface area contributed by atoms with Crippen LogP contribution in [0.3, 0.4) is 0 Å². The van der Waals surface area contributed by atoms with Crippen molar-refractivity contribution >= 4 is 44.9 Å². The molecule has 32 heavy (non-hydrogen) atoms. The van der Waals surface area contributed by atoms with Crippen LogP contribution >= 0.6 is 11.3 Å². The van der Waals surface area contributed by atoms with Crippen molar-refractivity contribution in [1.29, 1.82) is 0 Å². The van der Waals surface area contributed by atoms with E-state index in [1.165, 1.54) is 31.3 Å². The number of halogens is 4. The van der Waals surface area contributed by atoms with Gasteiger partial charge in [0, 0.05) is 12.3 Å². The van der Waals surface area contributed by atoms with E-state index in [-0.39, 0.29) is 17.1 Å². The summed E-state index contributed by atoms with van der Waals surface area (Å²) in [4.78, 5) is 25.6. The van der Waals surface area contributed by atoms with Gasteiger partial charge >= 0.3 is 6.18 Å². The number of alkyl halides is 4. The summed E-state index contributed by atoms with van der Waals surface area (Å²) < 4.78 is 52.1. The van der Waals surface area contributed by atoms with Crippen LogP contribution in [-0.4, -0.2) is 57.0 Å². The predicted molar refractivity (Wildman–Crippen MR) is 113 cm³/mol. The van der Waals surface area contributed by atoms with Crippen LogP contribution in [-0.2, 0) is 0 Å². The molecule has 3 heterocycles. The second-order valence-corrected chi connectivity index (χ2v) is 8.25. The number of pyridine rings is 2. The van der Waals surface area contributed by atoms with E-state index in [1.807, 2.05) is 0 Å². The van der Waals surface area contributed by atoms with Crippen LogP contribution in [0.1, 0.15) is 24.2 Å². The van der Waals surface area contributed by atoms with Crippen molar-refractivity contribution < 1.29 is 27.5 Å². The SMILES string of the molecule is CC(C)(O)[C@H](F)CNC(=O)c1cnc(Nc2ccc3ncsc3n2)cc1NCC(F)(F)F. The molecule has 3 rings (SSSR count). The number of fused-ring (bicyclic) bond motifs is 1. The summed E-state index contributed by atoms with van der Waals surface area (Å²) in [6, 6.07) is 4.58. The molecule has 0 unspecified atom stereocenters. The second kappa shape index (κ2) is 9.20. The van der Waals surface area contributed by atoms with E-state index in [0.29, 0.717) is 16.2 Å².